The molecule has 2 nitrogen and oxygen atoms in total. The van der Waals surface area contributed by atoms with Gasteiger partial charge in [0.15, 0.2) is 0 Å². The van der Waals surface area contributed by atoms with Crippen LogP contribution in [0.1, 0.15) is 32.3 Å². The van der Waals surface area contributed by atoms with Crippen LogP contribution in [0.5, 0.6) is 0 Å². The van der Waals surface area contributed by atoms with E-state index in [1.54, 1.807) is 0 Å². The van der Waals surface area contributed by atoms with Gasteiger partial charge in [0.2, 0.25) is 9.04 Å². The summed E-state index contributed by atoms with van der Waals surface area (Å²) in [6, 6.07) is 8.09. The molecule has 1 aromatic carbocycles. The van der Waals surface area contributed by atoms with Gasteiger partial charge in [-0.25, -0.2) is 5.48 Å². The van der Waals surface area contributed by atoms with E-state index in [2.05, 4.69) is 45.4 Å². The van der Waals surface area contributed by atoms with Crippen molar-refractivity contribution in [1.29, 1.82) is 0 Å². The average molecular weight is 285 g/mol. The monoisotopic (exact) mass is 284 g/mol. The first-order valence-electron chi connectivity index (χ1n) is 6.26. The molecule has 0 spiro atoms. The van der Waals surface area contributed by atoms with E-state index in [-0.39, 0.29) is 5.41 Å². The molecule has 4 heteroatoms. The van der Waals surface area contributed by atoms with Crippen molar-refractivity contribution in [2.75, 3.05) is 6.54 Å². The zero-order valence-electron chi connectivity index (χ0n) is 11.9. The molecule has 0 fully saturated rings. The maximum absolute atomic E-state index is 6.08. The molecule has 1 rings (SSSR count). The standard InChI is InChI=1S/C14H23ClNOSi/c1-14(2,3)13(10-16-17-18(4)5)11-7-6-8-12(15)9-11/h6-9,13,16H,10H2,1-5H3. The summed E-state index contributed by atoms with van der Waals surface area (Å²) in [5.41, 5.74) is 4.53. The molecule has 1 aromatic rings. The Morgan fingerprint density at radius 1 is 1.33 bits per heavy atom. The predicted octanol–water partition coefficient (Wildman–Crippen LogP) is 4.24. The van der Waals surface area contributed by atoms with E-state index in [4.69, 9.17) is 16.1 Å². The summed E-state index contributed by atoms with van der Waals surface area (Å²) in [4.78, 5) is 0. The predicted molar refractivity (Wildman–Crippen MR) is 80.2 cm³/mol. The lowest BCUT2D eigenvalue weighted by atomic mass is 9.76. The summed E-state index contributed by atoms with van der Waals surface area (Å²) in [5, 5.41) is 0.790. The van der Waals surface area contributed by atoms with Gasteiger partial charge in [0.25, 0.3) is 0 Å². The summed E-state index contributed by atoms with van der Waals surface area (Å²) in [5.74, 6) is 0.373. The molecule has 1 unspecified atom stereocenters. The molecule has 0 bridgehead atoms. The van der Waals surface area contributed by atoms with Crippen LogP contribution in [0, 0.1) is 5.41 Å². The van der Waals surface area contributed by atoms with E-state index in [1.807, 2.05) is 18.2 Å². The minimum absolute atomic E-state index is 0.162. The Morgan fingerprint density at radius 3 is 2.50 bits per heavy atom. The number of hydroxylamine groups is 1. The number of hydrogen-bond donors (Lipinski definition) is 1. The molecule has 1 atom stereocenters. The van der Waals surface area contributed by atoms with E-state index in [0.717, 1.165) is 11.6 Å². The van der Waals surface area contributed by atoms with Crippen LogP contribution in [0.15, 0.2) is 24.3 Å². The first kappa shape index (κ1) is 15.7. The summed E-state index contributed by atoms with van der Waals surface area (Å²) >= 11 is 6.08. The summed E-state index contributed by atoms with van der Waals surface area (Å²) in [6.07, 6.45) is 0. The highest BCUT2D eigenvalue weighted by molar-refractivity contribution is 6.48. The highest BCUT2D eigenvalue weighted by Crippen LogP contribution is 2.35. The van der Waals surface area contributed by atoms with Gasteiger partial charge < -0.3 is 4.53 Å². The molecule has 101 valence electrons. The molecule has 1 N–H and O–H groups in total. The van der Waals surface area contributed by atoms with E-state index in [0.29, 0.717) is 5.92 Å². The Bertz CT molecular complexity index is 376. The molecular weight excluding hydrogens is 262 g/mol. The van der Waals surface area contributed by atoms with Crippen molar-refractivity contribution in [1.82, 2.24) is 5.48 Å². The lowest BCUT2D eigenvalue weighted by molar-refractivity contribution is 0.164. The van der Waals surface area contributed by atoms with Gasteiger partial charge in [0, 0.05) is 17.5 Å². The fraction of sp³-hybridized carbons (Fsp3) is 0.571. The maximum Gasteiger partial charge on any atom is 0.235 e. The molecule has 0 aromatic heterocycles. The molecule has 0 amide bonds. The number of nitrogens with one attached hydrogen (secondary N) is 1. The fourth-order valence-electron chi connectivity index (χ4n) is 1.92. The Labute approximate surface area is 117 Å². The van der Waals surface area contributed by atoms with Gasteiger partial charge in [0.1, 0.15) is 0 Å². The number of rotatable bonds is 5. The second-order valence-electron chi connectivity index (χ2n) is 5.83. The second kappa shape index (κ2) is 6.71. The zero-order valence-corrected chi connectivity index (χ0v) is 13.6. The first-order chi connectivity index (χ1) is 8.30. The Kier molecular flexibility index (Phi) is 5.85. The van der Waals surface area contributed by atoms with Crippen molar-refractivity contribution in [2.45, 2.75) is 39.8 Å². The van der Waals surface area contributed by atoms with E-state index < -0.39 is 9.04 Å². The first-order valence-corrected chi connectivity index (χ1v) is 9.04. The Hall–Kier alpha value is -0.353. The smallest absolute Gasteiger partial charge is 0.235 e. The SMILES string of the molecule is C[Si](C)ONCC(c1cccc(Cl)c1)C(C)(C)C. The summed E-state index contributed by atoms with van der Waals surface area (Å²) in [6.45, 7) is 11.8. The molecule has 0 saturated heterocycles. The quantitative estimate of drug-likeness (QED) is 0.645. The molecule has 0 aliphatic rings. The lowest BCUT2D eigenvalue weighted by Gasteiger charge is -2.31. The number of benzene rings is 1. The van der Waals surface area contributed by atoms with Crippen molar-refractivity contribution < 1.29 is 4.53 Å². The van der Waals surface area contributed by atoms with E-state index >= 15 is 0 Å². The maximum atomic E-state index is 6.08. The summed E-state index contributed by atoms with van der Waals surface area (Å²) < 4.78 is 5.54. The van der Waals surface area contributed by atoms with Gasteiger partial charge >= 0.3 is 0 Å². The molecule has 18 heavy (non-hydrogen) atoms. The summed E-state index contributed by atoms with van der Waals surface area (Å²) in [7, 11) is -0.702. The van der Waals surface area contributed by atoms with Crippen LogP contribution < -0.4 is 5.48 Å². The van der Waals surface area contributed by atoms with Crippen LogP contribution in [0.4, 0.5) is 0 Å². The van der Waals surface area contributed by atoms with E-state index in [1.165, 1.54) is 5.56 Å². The Balaban J connectivity index is 2.79. The van der Waals surface area contributed by atoms with Crippen LogP contribution in [0.2, 0.25) is 18.1 Å². The topological polar surface area (TPSA) is 21.3 Å². The third-order valence-corrected chi connectivity index (χ3v) is 3.65. The highest BCUT2D eigenvalue weighted by Gasteiger charge is 2.26. The second-order valence-corrected chi connectivity index (χ2v) is 8.29. The van der Waals surface area contributed by atoms with Crippen molar-refractivity contribution in [2.24, 2.45) is 5.41 Å². The van der Waals surface area contributed by atoms with Gasteiger partial charge in [-0.2, -0.15) is 0 Å². The van der Waals surface area contributed by atoms with E-state index in [9.17, 15) is 0 Å². The highest BCUT2D eigenvalue weighted by atomic mass is 35.5. The third-order valence-electron chi connectivity index (χ3n) is 2.86. The average Bonchev–Trinajstić information content (AvgIpc) is 2.22. The largest absolute Gasteiger partial charge is 0.346 e. The minimum atomic E-state index is -0.702. The normalized spacial score (nSPS) is 13.9. The van der Waals surface area contributed by atoms with Crippen LogP contribution in [-0.2, 0) is 4.53 Å². The van der Waals surface area contributed by atoms with Crippen LogP contribution >= 0.6 is 11.6 Å². The molecule has 1 radical (unpaired) electrons. The van der Waals surface area contributed by atoms with Crippen LogP contribution in [0.25, 0.3) is 0 Å². The third kappa shape index (κ3) is 5.10. The van der Waals surface area contributed by atoms with Crippen molar-refractivity contribution in [3.63, 3.8) is 0 Å². The molecule has 0 aliphatic heterocycles. The van der Waals surface area contributed by atoms with Gasteiger partial charge in [-0.1, -0.05) is 44.5 Å². The fourth-order valence-corrected chi connectivity index (χ4v) is 2.49. The molecule has 0 aliphatic carbocycles. The van der Waals surface area contributed by atoms with Crippen LogP contribution in [-0.4, -0.2) is 15.6 Å². The van der Waals surface area contributed by atoms with Gasteiger partial charge in [-0.05, 0) is 36.2 Å². The Morgan fingerprint density at radius 2 is 2.00 bits per heavy atom. The molecule has 0 heterocycles. The van der Waals surface area contributed by atoms with Crippen LogP contribution in [0.3, 0.4) is 0 Å². The number of halogens is 1. The zero-order chi connectivity index (χ0) is 13.8. The lowest BCUT2D eigenvalue weighted by Crippen LogP contribution is -2.32. The van der Waals surface area contributed by atoms with Gasteiger partial charge in [-0.3, -0.25) is 0 Å². The van der Waals surface area contributed by atoms with Crippen molar-refractivity contribution in [3.8, 4) is 0 Å². The molecular formula is C14H23ClNOSi. The van der Waals surface area contributed by atoms with Gasteiger partial charge in [-0.15, -0.1) is 0 Å². The minimum Gasteiger partial charge on any atom is -0.346 e. The van der Waals surface area contributed by atoms with Gasteiger partial charge in [0.05, 0.1) is 0 Å². The number of hydrogen-bond acceptors (Lipinski definition) is 2. The molecule has 0 saturated carbocycles. The van der Waals surface area contributed by atoms with Crippen molar-refractivity contribution >= 4 is 20.6 Å². The van der Waals surface area contributed by atoms with Crippen molar-refractivity contribution in [3.05, 3.63) is 34.9 Å².